The number of anilines is 1. The number of benzene rings is 1. The van der Waals surface area contributed by atoms with Gasteiger partial charge in [0.05, 0.1) is 6.10 Å². The largest absolute Gasteiger partial charge is 0.490 e. The molecule has 0 saturated carbocycles. The minimum absolute atomic E-state index is 0.171. The first-order chi connectivity index (χ1) is 9.30. The fourth-order valence-corrected chi connectivity index (χ4v) is 1.53. The fourth-order valence-electron chi connectivity index (χ4n) is 1.53. The van der Waals surface area contributed by atoms with Crippen LogP contribution >= 0.6 is 0 Å². The van der Waals surface area contributed by atoms with Crippen molar-refractivity contribution in [2.45, 2.75) is 52.7 Å². The zero-order valence-electron chi connectivity index (χ0n) is 13.2. The molecule has 1 aromatic carbocycles. The van der Waals surface area contributed by atoms with Gasteiger partial charge in [-0.25, -0.2) is 0 Å². The van der Waals surface area contributed by atoms with E-state index >= 15 is 0 Å². The van der Waals surface area contributed by atoms with Gasteiger partial charge in [0, 0.05) is 12.8 Å². The summed E-state index contributed by atoms with van der Waals surface area (Å²) in [7, 11) is 1.52. The average Bonchev–Trinajstić information content (AvgIpc) is 2.41. The van der Waals surface area contributed by atoms with E-state index in [-0.39, 0.29) is 12.0 Å². The summed E-state index contributed by atoms with van der Waals surface area (Å²) in [5, 5.41) is 2.85. The molecule has 0 bridgehead atoms. The molecular weight excluding hydrogens is 254 g/mol. The third-order valence-corrected chi connectivity index (χ3v) is 3.39. The summed E-state index contributed by atoms with van der Waals surface area (Å²) in [6.07, 6.45) is 1.14. The van der Waals surface area contributed by atoms with Crippen LogP contribution in [-0.4, -0.2) is 24.7 Å². The molecule has 0 radical (unpaired) electrons. The van der Waals surface area contributed by atoms with E-state index in [1.807, 2.05) is 32.0 Å². The van der Waals surface area contributed by atoms with Gasteiger partial charge in [-0.15, -0.1) is 0 Å². The summed E-state index contributed by atoms with van der Waals surface area (Å²) < 4.78 is 11.0. The Labute approximate surface area is 121 Å². The maximum absolute atomic E-state index is 12.0. The average molecular weight is 279 g/mol. The summed E-state index contributed by atoms with van der Waals surface area (Å²) in [6.45, 7) is 9.55. The lowest BCUT2D eigenvalue weighted by Crippen LogP contribution is -2.38. The zero-order valence-corrected chi connectivity index (χ0v) is 13.2. The van der Waals surface area contributed by atoms with Crippen LogP contribution in [0.25, 0.3) is 0 Å². The molecule has 20 heavy (non-hydrogen) atoms. The van der Waals surface area contributed by atoms with Gasteiger partial charge in [0.15, 0.2) is 0 Å². The molecule has 1 aromatic rings. The summed E-state index contributed by atoms with van der Waals surface area (Å²) in [6, 6.07) is 5.63. The maximum atomic E-state index is 12.0. The molecule has 1 amide bonds. The first-order valence-corrected chi connectivity index (χ1v) is 6.94. The minimum atomic E-state index is -0.847. The van der Waals surface area contributed by atoms with Crippen LogP contribution in [0, 0.1) is 6.92 Å². The Hall–Kier alpha value is -1.55. The predicted molar refractivity (Wildman–Crippen MR) is 81.3 cm³/mol. The van der Waals surface area contributed by atoms with Crippen molar-refractivity contribution in [3.05, 3.63) is 23.8 Å². The van der Waals surface area contributed by atoms with Crippen molar-refractivity contribution in [3.8, 4) is 5.75 Å². The van der Waals surface area contributed by atoms with Gasteiger partial charge in [-0.05, 0) is 57.9 Å². The molecule has 1 rings (SSSR count). The number of hydrogen-bond donors (Lipinski definition) is 1. The Morgan fingerprint density at radius 2 is 2.05 bits per heavy atom. The Morgan fingerprint density at radius 1 is 1.40 bits per heavy atom. The Morgan fingerprint density at radius 3 is 2.55 bits per heavy atom. The molecule has 4 nitrogen and oxygen atoms in total. The number of ether oxygens (including phenoxy) is 2. The molecule has 0 spiro atoms. The van der Waals surface area contributed by atoms with Crippen LogP contribution in [0.4, 0.5) is 5.69 Å². The number of methoxy groups -OCH3 is 1. The number of rotatable bonds is 6. The van der Waals surface area contributed by atoms with E-state index in [9.17, 15) is 4.79 Å². The van der Waals surface area contributed by atoms with Gasteiger partial charge in [-0.2, -0.15) is 0 Å². The van der Waals surface area contributed by atoms with Gasteiger partial charge in [-0.3, -0.25) is 4.79 Å². The van der Waals surface area contributed by atoms with Gasteiger partial charge in [0.2, 0.25) is 0 Å². The lowest BCUT2D eigenvalue weighted by molar-refractivity contribution is -0.133. The van der Waals surface area contributed by atoms with Gasteiger partial charge in [-0.1, -0.05) is 6.92 Å². The highest BCUT2D eigenvalue weighted by molar-refractivity contribution is 5.96. The monoisotopic (exact) mass is 279 g/mol. The third-order valence-electron chi connectivity index (χ3n) is 3.39. The Kier molecular flexibility index (Phi) is 5.57. The molecule has 0 aliphatic heterocycles. The molecule has 0 fully saturated rings. The molecule has 4 heteroatoms. The first kappa shape index (κ1) is 16.5. The smallest absolute Gasteiger partial charge is 0.256 e. The van der Waals surface area contributed by atoms with Crippen molar-refractivity contribution in [1.82, 2.24) is 0 Å². The van der Waals surface area contributed by atoms with Crippen molar-refractivity contribution in [3.63, 3.8) is 0 Å². The molecule has 112 valence electrons. The SMILES string of the molecule is CC[C@H](C)Oc1ccc(NC(=O)C(C)(C)OC)cc1C. The van der Waals surface area contributed by atoms with Crippen molar-refractivity contribution in [2.75, 3.05) is 12.4 Å². The second-order valence-corrected chi connectivity index (χ2v) is 5.49. The molecule has 0 saturated heterocycles. The zero-order chi connectivity index (χ0) is 15.3. The number of amides is 1. The van der Waals surface area contributed by atoms with Crippen molar-refractivity contribution in [2.24, 2.45) is 0 Å². The second-order valence-electron chi connectivity index (χ2n) is 5.49. The number of carbonyl (C=O) groups excluding carboxylic acids is 1. The van der Waals surface area contributed by atoms with Gasteiger partial charge in [0.1, 0.15) is 11.4 Å². The molecule has 0 aliphatic carbocycles. The second kappa shape index (κ2) is 6.75. The summed E-state index contributed by atoms with van der Waals surface area (Å²) in [5.41, 5.74) is 0.896. The van der Waals surface area contributed by atoms with E-state index in [2.05, 4.69) is 12.2 Å². The Balaban J connectivity index is 2.80. The third kappa shape index (κ3) is 4.23. The van der Waals surface area contributed by atoms with Crippen LogP contribution in [0.3, 0.4) is 0 Å². The molecular formula is C16H25NO3. The lowest BCUT2D eigenvalue weighted by atomic mass is 10.1. The Bertz CT molecular complexity index is 469. The fraction of sp³-hybridized carbons (Fsp3) is 0.562. The number of nitrogens with one attached hydrogen (secondary N) is 1. The number of hydrogen-bond acceptors (Lipinski definition) is 3. The molecule has 0 aromatic heterocycles. The maximum Gasteiger partial charge on any atom is 0.256 e. The first-order valence-electron chi connectivity index (χ1n) is 6.94. The minimum Gasteiger partial charge on any atom is -0.490 e. The highest BCUT2D eigenvalue weighted by Gasteiger charge is 2.26. The molecule has 1 N–H and O–H groups in total. The van der Waals surface area contributed by atoms with Gasteiger partial charge >= 0.3 is 0 Å². The quantitative estimate of drug-likeness (QED) is 0.866. The molecule has 0 aliphatic rings. The van der Waals surface area contributed by atoms with Gasteiger partial charge < -0.3 is 14.8 Å². The summed E-state index contributed by atoms with van der Waals surface area (Å²) in [5.74, 6) is 0.679. The van der Waals surface area contributed by atoms with Crippen LogP contribution in [0.1, 0.15) is 39.7 Å². The van der Waals surface area contributed by atoms with E-state index in [1.165, 1.54) is 7.11 Å². The normalized spacial score (nSPS) is 12.9. The van der Waals surface area contributed by atoms with Crippen molar-refractivity contribution >= 4 is 11.6 Å². The highest BCUT2D eigenvalue weighted by atomic mass is 16.5. The molecule has 0 unspecified atom stereocenters. The van der Waals surface area contributed by atoms with Crippen LogP contribution in [0.2, 0.25) is 0 Å². The van der Waals surface area contributed by atoms with Crippen LogP contribution in [-0.2, 0) is 9.53 Å². The number of aryl methyl sites for hydroxylation is 1. The predicted octanol–water partition coefficient (Wildman–Crippen LogP) is 3.54. The van der Waals surface area contributed by atoms with Gasteiger partial charge in [0.25, 0.3) is 5.91 Å². The summed E-state index contributed by atoms with van der Waals surface area (Å²) in [4.78, 5) is 12.0. The molecule has 1 atom stereocenters. The topological polar surface area (TPSA) is 47.6 Å². The highest BCUT2D eigenvalue weighted by Crippen LogP contribution is 2.24. The van der Waals surface area contributed by atoms with E-state index in [0.717, 1.165) is 23.4 Å². The number of carbonyl (C=O) groups is 1. The van der Waals surface area contributed by atoms with E-state index < -0.39 is 5.60 Å². The summed E-state index contributed by atoms with van der Waals surface area (Å²) >= 11 is 0. The lowest BCUT2D eigenvalue weighted by Gasteiger charge is -2.22. The van der Waals surface area contributed by atoms with E-state index in [4.69, 9.17) is 9.47 Å². The molecule has 0 heterocycles. The van der Waals surface area contributed by atoms with Crippen molar-refractivity contribution < 1.29 is 14.3 Å². The van der Waals surface area contributed by atoms with Crippen molar-refractivity contribution in [1.29, 1.82) is 0 Å². The van der Waals surface area contributed by atoms with Crippen LogP contribution < -0.4 is 10.1 Å². The van der Waals surface area contributed by atoms with Crippen LogP contribution in [0.5, 0.6) is 5.75 Å². The van der Waals surface area contributed by atoms with Crippen LogP contribution in [0.15, 0.2) is 18.2 Å². The standard InChI is InChI=1S/C16H25NO3/c1-7-12(3)20-14-9-8-13(10-11(14)2)17-15(18)16(4,5)19-6/h8-10,12H,7H2,1-6H3,(H,17,18)/t12-/m0/s1. The van der Waals surface area contributed by atoms with E-state index in [0.29, 0.717) is 0 Å². The van der Waals surface area contributed by atoms with E-state index in [1.54, 1.807) is 13.8 Å².